The Hall–Kier alpha value is -1.97. The topological polar surface area (TPSA) is 53.1 Å². The van der Waals surface area contributed by atoms with Crippen LogP contribution in [0.3, 0.4) is 0 Å². The van der Waals surface area contributed by atoms with Gasteiger partial charge in [-0.15, -0.1) is 0 Å². The molecule has 1 aromatic heterocycles. The smallest absolute Gasteiger partial charge is 0.200 e. The highest BCUT2D eigenvalue weighted by molar-refractivity contribution is 5.34. The molecular formula is C12H15N3O. The summed E-state index contributed by atoms with van der Waals surface area (Å²) < 4.78 is 7.44. The van der Waals surface area contributed by atoms with Crippen LogP contribution >= 0.6 is 0 Å². The van der Waals surface area contributed by atoms with E-state index in [0.29, 0.717) is 19.1 Å². The summed E-state index contributed by atoms with van der Waals surface area (Å²) in [6, 6.07) is 7.95. The molecule has 0 atom stereocenters. The average molecular weight is 217 g/mol. The van der Waals surface area contributed by atoms with Gasteiger partial charge in [0.25, 0.3) is 0 Å². The SMILES string of the molecule is CCOc1ccccc1Cn1ccnc1N. The van der Waals surface area contributed by atoms with Crippen molar-refractivity contribution in [3.05, 3.63) is 42.2 Å². The number of nitrogen functional groups attached to an aromatic ring is 1. The van der Waals surface area contributed by atoms with Gasteiger partial charge in [-0.05, 0) is 13.0 Å². The lowest BCUT2D eigenvalue weighted by Crippen LogP contribution is -2.05. The van der Waals surface area contributed by atoms with Gasteiger partial charge in [0.2, 0.25) is 0 Å². The summed E-state index contributed by atoms with van der Waals surface area (Å²) in [6.07, 6.45) is 3.55. The summed E-state index contributed by atoms with van der Waals surface area (Å²) in [5.74, 6) is 1.42. The molecule has 0 aliphatic rings. The molecule has 0 amide bonds. The first kappa shape index (κ1) is 10.5. The molecule has 0 spiro atoms. The molecule has 1 heterocycles. The molecule has 0 aliphatic carbocycles. The highest BCUT2D eigenvalue weighted by Crippen LogP contribution is 2.19. The molecule has 4 nitrogen and oxygen atoms in total. The number of aromatic nitrogens is 2. The molecule has 4 heteroatoms. The first-order chi connectivity index (χ1) is 7.81. The molecule has 0 bridgehead atoms. The van der Waals surface area contributed by atoms with Crippen LogP contribution < -0.4 is 10.5 Å². The zero-order valence-electron chi connectivity index (χ0n) is 9.26. The summed E-state index contributed by atoms with van der Waals surface area (Å²) >= 11 is 0. The molecule has 0 unspecified atom stereocenters. The van der Waals surface area contributed by atoms with Gasteiger partial charge in [0.05, 0.1) is 13.2 Å². The molecule has 0 fully saturated rings. The van der Waals surface area contributed by atoms with Crippen molar-refractivity contribution < 1.29 is 4.74 Å². The maximum absolute atomic E-state index is 5.72. The molecule has 2 rings (SSSR count). The van der Waals surface area contributed by atoms with Gasteiger partial charge in [-0.1, -0.05) is 18.2 Å². The monoisotopic (exact) mass is 217 g/mol. The van der Waals surface area contributed by atoms with Gasteiger partial charge in [-0.25, -0.2) is 4.98 Å². The van der Waals surface area contributed by atoms with Gasteiger partial charge >= 0.3 is 0 Å². The maximum Gasteiger partial charge on any atom is 0.200 e. The Morgan fingerprint density at radius 1 is 1.38 bits per heavy atom. The Balaban J connectivity index is 2.24. The van der Waals surface area contributed by atoms with Gasteiger partial charge in [0.1, 0.15) is 5.75 Å². The Bertz CT molecular complexity index is 465. The summed E-state index contributed by atoms with van der Waals surface area (Å²) in [5.41, 5.74) is 6.83. The normalized spacial score (nSPS) is 10.3. The first-order valence-electron chi connectivity index (χ1n) is 5.28. The Morgan fingerprint density at radius 3 is 2.88 bits per heavy atom. The minimum Gasteiger partial charge on any atom is -0.494 e. The van der Waals surface area contributed by atoms with Gasteiger partial charge in [-0.2, -0.15) is 0 Å². The highest BCUT2D eigenvalue weighted by atomic mass is 16.5. The van der Waals surface area contributed by atoms with Gasteiger partial charge < -0.3 is 15.0 Å². The zero-order valence-corrected chi connectivity index (χ0v) is 9.26. The Labute approximate surface area is 94.7 Å². The van der Waals surface area contributed by atoms with E-state index in [1.165, 1.54) is 0 Å². The van der Waals surface area contributed by atoms with Crippen LogP contribution in [0.25, 0.3) is 0 Å². The van der Waals surface area contributed by atoms with Gasteiger partial charge in [0.15, 0.2) is 5.95 Å². The van der Waals surface area contributed by atoms with E-state index in [1.807, 2.05) is 42.0 Å². The van der Waals surface area contributed by atoms with Crippen LogP contribution in [0.5, 0.6) is 5.75 Å². The second-order valence-corrected chi connectivity index (χ2v) is 3.45. The number of nitrogens with two attached hydrogens (primary N) is 1. The molecule has 0 radical (unpaired) electrons. The summed E-state index contributed by atoms with van der Waals surface area (Å²) in [6.45, 7) is 3.32. The number of hydrogen-bond acceptors (Lipinski definition) is 3. The van der Waals surface area contributed by atoms with E-state index in [9.17, 15) is 0 Å². The minimum atomic E-state index is 0.520. The Morgan fingerprint density at radius 2 is 2.19 bits per heavy atom. The number of para-hydroxylation sites is 1. The first-order valence-corrected chi connectivity index (χ1v) is 5.28. The lowest BCUT2D eigenvalue weighted by Gasteiger charge is -2.10. The predicted molar refractivity (Wildman–Crippen MR) is 63.4 cm³/mol. The maximum atomic E-state index is 5.72. The lowest BCUT2D eigenvalue weighted by atomic mass is 10.2. The fraction of sp³-hybridized carbons (Fsp3) is 0.250. The van der Waals surface area contributed by atoms with E-state index in [-0.39, 0.29) is 0 Å². The highest BCUT2D eigenvalue weighted by Gasteiger charge is 2.04. The van der Waals surface area contributed by atoms with Crippen LogP contribution in [0.2, 0.25) is 0 Å². The summed E-state index contributed by atoms with van der Waals surface area (Å²) in [4.78, 5) is 3.99. The van der Waals surface area contributed by atoms with E-state index in [4.69, 9.17) is 10.5 Å². The summed E-state index contributed by atoms with van der Waals surface area (Å²) in [5, 5.41) is 0. The fourth-order valence-corrected chi connectivity index (χ4v) is 1.59. The number of rotatable bonds is 4. The quantitative estimate of drug-likeness (QED) is 0.851. The number of benzene rings is 1. The molecular weight excluding hydrogens is 202 g/mol. The largest absolute Gasteiger partial charge is 0.494 e. The third-order valence-corrected chi connectivity index (χ3v) is 2.36. The van der Waals surface area contributed by atoms with Crippen LogP contribution in [0.4, 0.5) is 5.95 Å². The number of ether oxygens (including phenoxy) is 1. The number of anilines is 1. The van der Waals surface area contributed by atoms with Gasteiger partial charge in [-0.3, -0.25) is 0 Å². The van der Waals surface area contributed by atoms with Crippen molar-refractivity contribution in [2.75, 3.05) is 12.3 Å². The standard InChI is InChI=1S/C12H15N3O/c1-2-16-11-6-4-3-5-10(11)9-15-8-7-14-12(15)13/h3-8H,2,9H2,1H3,(H2,13,14). The molecule has 84 valence electrons. The predicted octanol–water partition coefficient (Wildman–Crippen LogP) is 1.91. The Kier molecular flexibility index (Phi) is 3.10. The van der Waals surface area contributed by atoms with Crippen LogP contribution in [0.15, 0.2) is 36.7 Å². The lowest BCUT2D eigenvalue weighted by molar-refractivity contribution is 0.336. The molecule has 0 saturated heterocycles. The second kappa shape index (κ2) is 4.70. The van der Waals surface area contributed by atoms with Gasteiger partial charge in [0, 0.05) is 18.0 Å². The molecule has 16 heavy (non-hydrogen) atoms. The molecule has 0 aliphatic heterocycles. The van der Waals surface area contributed by atoms with Crippen molar-refractivity contribution in [3.8, 4) is 5.75 Å². The van der Waals surface area contributed by atoms with Crippen LogP contribution in [0.1, 0.15) is 12.5 Å². The number of hydrogen-bond donors (Lipinski definition) is 1. The minimum absolute atomic E-state index is 0.520. The van der Waals surface area contributed by atoms with Crippen molar-refractivity contribution in [3.63, 3.8) is 0 Å². The molecule has 1 aromatic carbocycles. The van der Waals surface area contributed by atoms with E-state index in [0.717, 1.165) is 11.3 Å². The van der Waals surface area contributed by atoms with Crippen molar-refractivity contribution in [2.24, 2.45) is 0 Å². The summed E-state index contributed by atoms with van der Waals surface area (Å²) in [7, 11) is 0. The number of nitrogens with zero attached hydrogens (tertiary/aromatic N) is 2. The van der Waals surface area contributed by atoms with Crippen molar-refractivity contribution in [1.82, 2.24) is 9.55 Å². The molecule has 2 N–H and O–H groups in total. The third-order valence-electron chi connectivity index (χ3n) is 2.36. The van der Waals surface area contributed by atoms with E-state index < -0.39 is 0 Å². The second-order valence-electron chi connectivity index (χ2n) is 3.45. The van der Waals surface area contributed by atoms with Crippen molar-refractivity contribution in [2.45, 2.75) is 13.5 Å². The van der Waals surface area contributed by atoms with Crippen LogP contribution in [0, 0.1) is 0 Å². The van der Waals surface area contributed by atoms with Crippen molar-refractivity contribution >= 4 is 5.95 Å². The van der Waals surface area contributed by atoms with E-state index in [2.05, 4.69) is 4.98 Å². The van der Waals surface area contributed by atoms with Crippen LogP contribution in [-0.2, 0) is 6.54 Å². The fourth-order valence-electron chi connectivity index (χ4n) is 1.59. The molecule has 0 saturated carbocycles. The van der Waals surface area contributed by atoms with E-state index >= 15 is 0 Å². The van der Waals surface area contributed by atoms with E-state index in [1.54, 1.807) is 6.20 Å². The third kappa shape index (κ3) is 2.16. The van der Waals surface area contributed by atoms with Crippen molar-refractivity contribution in [1.29, 1.82) is 0 Å². The molecule has 2 aromatic rings. The zero-order chi connectivity index (χ0) is 11.4. The van der Waals surface area contributed by atoms with Crippen LogP contribution in [-0.4, -0.2) is 16.2 Å². The number of imidazole rings is 1. The average Bonchev–Trinajstić information content (AvgIpc) is 2.68.